The second kappa shape index (κ2) is 4.58. The minimum atomic E-state index is -0.562. The molecule has 6 nitrogen and oxygen atoms in total. The summed E-state index contributed by atoms with van der Waals surface area (Å²) >= 11 is 0. The molecule has 0 saturated carbocycles. The Morgan fingerprint density at radius 2 is 1.80 bits per heavy atom. The van der Waals surface area contributed by atoms with Crippen LogP contribution in [0.15, 0.2) is 42.5 Å². The molecular weight excluding hydrogens is 256 g/mol. The molecule has 2 aromatic carbocycles. The molecular formula is C14H10N4O2. The fourth-order valence-electron chi connectivity index (χ4n) is 1.89. The van der Waals surface area contributed by atoms with Gasteiger partial charge >= 0.3 is 0 Å². The van der Waals surface area contributed by atoms with E-state index in [0.29, 0.717) is 28.0 Å². The van der Waals surface area contributed by atoms with Gasteiger partial charge in [0.05, 0.1) is 5.56 Å². The number of aromatic hydroxyl groups is 1. The van der Waals surface area contributed by atoms with Gasteiger partial charge < -0.3 is 10.8 Å². The Balaban J connectivity index is 2.21. The topological polar surface area (TPSA) is 102 Å². The molecule has 6 heteroatoms. The first-order valence-corrected chi connectivity index (χ1v) is 5.88. The quantitative estimate of drug-likeness (QED) is 0.731. The number of nitrogens with zero attached hydrogens (tertiary/aromatic N) is 3. The lowest BCUT2D eigenvalue weighted by Crippen LogP contribution is -2.12. The Kier molecular flexibility index (Phi) is 2.76. The smallest absolute Gasteiger partial charge is 0.250 e. The lowest BCUT2D eigenvalue weighted by molar-refractivity contribution is 0.100. The van der Waals surface area contributed by atoms with E-state index in [1.54, 1.807) is 30.3 Å². The number of hydrogen-bond donors (Lipinski definition) is 2. The summed E-state index contributed by atoms with van der Waals surface area (Å²) < 4.78 is 0. The van der Waals surface area contributed by atoms with Crippen LogP contribution in [0.4, 0.5) is 0 Å². The molecule has 98 valence electrons. The van der Waals surface area contributed by atoms with Gasteiger partial charge in [-0.1, -0.05) is 6.07 Å². The lowest BCUT2D eigenvalue weighted by Gasteiger charge is -2.04. The fraction of sp³-hybridized carbons (Fsp3) is 0. The van der Waals surface area contributed by atoms with Gasteiger partial charge in [-0.2, -0.15) is 0 Å². The molecule has 0 saturated heterocycles. The third-order valence-electron chi connectivity index (χ3n) is 2.88. The number of carbonyl (C=O) groups excluding carboxylic acids is 1. The van der Waals surface area contributed by atoms with Crippen molar-refractivity contribution in [2.45, 2.75) is 0 Å². The van der Waals surface area contributed by atoms with Crippen molar-refractivity contribution in [3.05, 3.63) is 48.0 Å². The highest BCUT2D eigenvalue weighted by atomic mass is 16.3. The predicted octanol–water partition coefficient (Wildman–Crippen LogP) is 1.50. The van der Waals surface area contributed by atoms with Crippen LogP contribution in [0.2, 0.25) is 0 Å². The van der Waals surface area contributed by atoms with E-state index in [1.807, 2.05) is 0 Å². The van der Waals surface area contributed by atoms with Crippen molar-refractivity contribution in [1.29, 1.82) is 0 Å². The number of amides is 1. The number of hydrogen-bond acceptors (Lipinski definition) is 5. The van der Waals surface area contributed by atoms with E-state index in [1.165, 1.54) is 12.1 Å². The monoisotopic (exact) mass is 266 g/mol. The third kappa shape index (κ3) is 2.03. The van der Waals surface area contributed by atoms with Crippen molar-refractivity contribution in [2.75, 3.05) is 0 Å². The van der Waals surface area contributed by atoms with Crippen LogP contribution in [0.25, 0.3) is 22.4 Å². The summed E-state index contributed by atoms with van der Waals surface area (Å²) in [4.78, 5) is 15.7. The van der Waals surface area contributed by atoms with E-state index < -0.39 is 5.91 Å². The second-order valence-electron chi connectivity index (χ2n) is 4.22. The molecule has 1 heterocycles. The second-order valence-corrected chi connectivity index (χ2v) is 4.22. The molecule has 0 unspecified atom stereocenters. The molecule has 0 aliphatic carbocycles. The molecule has 1 aromatic heterocycles. The van der Waals surface area contributed by atoms with E-state index in [-0.39, 0.29) is 5.75 Å². The maximum absolute atomic E-state index is 11.4. The minimum absolute atomic E-state index is 0.153. The van der Waals surface area contributed by atoms with Crippen molar-refractivity contribution < 1.29 is 9.90 Å². The van der Waals surface area contributed by atoms with Gasteiger partial charge in [-0.15, -0.1) is 10.2 Å². The Bertz CT molecular complexity index is 800. The summed E-state index contributed by atoms with van der Waals surface area (Å²) in [5.41, 5.74) is 7.24. The van der Waals surface area contributed by atoms with Crippen LogP contribution >= 0.6 is 0 Å². The highest BCUT2D eigenvalue weighted by Gasteiger charge is 2.11. The summed E-state index contributed by atoms with van der Waals surface area (Å²) in [6.45, 7) is 0. The normalized spacial score (nSPS) is 10.6. The average Bonchev–Trinajstić information content (AvgIpc) is 2.46. The van der Waals surface area contributed by atoms with Gasteiger partial charge in [0, 0.05) is 5.56 Å². The van der Waals surface area contributed by atoms with E-state index in [9.17, 15) is 9.90 Å². The first kappa shape index (κ1) is 12.0. The van der Waals surface area contributed by atoms with Crippen LogP contribution in [-0.2, 0) is 0 Å². The molecule has 0 spiro atoms. The molecule has 3 aromatic rings. The number of phenols is 1. The molecule has 1 amide bonds. The average molecular weight is 266 g/mol. The van der Waals surface area contributed by atoms with Crippen LogP contribution in [0, 0.1) is 0 Å². The standard InChI is InChI=1S/C14H10N4O2/c15-13(20)10-2-1-3-11-12(10)16-14(18-17-11)8-4-6-9(19)7-5-8/h1-7,19H,(H2,15,20). The highest BCUT2D eigenvalue weighted by molar-refractivity contribution is 6.03. The number of carbonyl (C=O) groups is 1. The summed E-state index contributed by atoms with van der Waals surface area (Å²) in [5, 5.41) is 17.3. The van der Waals surface area contributed by atoms with Crippen LogP contribution < -0.4 is 5.73 Å². The summed E-state index contributed by atoms with van der Waals surface area (Å²) in [6.07, 6.45) is 0. The molecule has 0 atom stereocenters. The van der Waals surface area contributed by atoms with E-state index in [4.69, 9.17) is 5.73 Å². The fourth-order valence-corrected chi connectivity index (χ4v) is 1.89. The van der Waals surface area contributed by atoms with E-state index >= 15 is 0 Å². The van der Waals surface area contributed by atoms with Crippen molar-refractivity contribution in [1.82, 2.24) is 15.2 Å². The summed E-state index contributed by atoms with van der Waals surface area (Å²) in [7, 11) is 0. The Hall–Kier alpha value is -3.02. The third-order valence-corrected chi connectivity index (χ3v) is 2.88. The van der Waals surface area contributed by atoms with Gasteiger partial charge in [0.15, 0.2) is 5.82 Å². The number of aromatic nitrogens is 3. The van der Waals surface area contributed by atoms with Crippen molar-refractivity contribution in [3.63, 3.8) is 0 Å². The van der Waals surface area contributed by atoms with Gasteiger partial charge in [-0.05, 0) is 36.4 Å². The summed E-state index contributed by atoms with van der Waals surface area (Å²) in [6, 6.07) is 11.4. The number of phenolic OH excluding ortho intramolecular Hbond substituents is 1. The number of fused-ring (bicyclic) bond motifs is 1. The largest absolute Gasteiger partial charge is 0.508 e. The number of para-hydroxylation sites is 1. The van der Waals surface area contributed by atoms with Crippen molar-refractivity contribution in [2.24, 2.45) is 5.73 Å². The molecule has 0 bridgehead atoms. The molecule has 0 radical (unpaired) electrons. The first-order chi connectivity index (χ1) is 9.65. The van der Waals surface area contributed by atoms with Crippen LogP contribution in [-0.4, -0.2) is 26.2 Å². The number of benzene rings is 2. The molecule has 20 heavy (non-hydrogen) atoms. The zero-order chi connectivity index (χ0) is 14.1. The Morgan fingerprint density at radius 1 is 1.05 bits per heavy atom. The zero-order valence-corrected chi connectivity index (χ0v) is 10.3. The molecule has 3 rings (SSSR count). The van der Waals surface area contributed by atoms with Crippen molar-refractivity contribution in [3.8, 4) is 17.1 Å². The number of nitrogens with two attached hydrogens (primary N) is 1. The van der Waals surface area contributed by atoms with Gasteiger partial charge in [-0.25, -0.2) is 4.98 Å². The SMILES string of the molecule is NC(=O)c1cccc2nnc(-c3ccc(O)cc3)nc12. The van der Waals surface area contributed by atoms with Crippen molar-refractivity contribution >= 4 is 16.9 Å². The molecule has 3 N–H and O–H groups in total. The predicted molar refractivity (Wildman–Crippen MR) is 73.0 cm³/mol. The number of primary amides is 1. The van der Waals surface area contributed by atoms with Crippen LogP contribution in [0.1, 0.15) is 10.4 Å². The highest BCUT2D eigenvalue weighted by Crippen LogP contribution is 2.21. The van der Waals surface area contributed by atoms with Gasteiger partial charge in [0.25, 0.3) is 5.91 Å². The van der Waals surface area contributed by atoms with Crippen LogP contribution in [0.3, 0.4) is 0 Å². The maximum atomic E-state index is 11.4. The molecule has 0 fully saturated rings. The summed E-state index contributed by atoms with van der Waals surface area (Å²) in [5.74, 6) is -0.0423. The number of rotatable bonds is 2. The van der Waals surface area contributed by atoms with Gasteiger partial charge in [0.2, 0.25) is 0 Å². The lowest BCUT2D eigenvalue weighted by atomic mass is 10.1. The maximum Gasteiger partial charge on any atom is 0.250 e. The molecule has 0 aliphatic rings. The van der Waals surface area contributed by atoms with Crippen LogP contribution in [0.5, 0.6) is 5.75 Å². The minimum Gasteiger partial charge on any atom is -0.508 e. The first-order valence-electron chi connectivity index (χ1n) is 5.88. The van der Waals surface area contributed by atoms with Gasteiger partial charge in [0.1, 0.15) is 16.8 Å². The molecule has 0 aliphatic heterocycles. The van der Waals surface area contributed by atoms with Gasteiger partial charge in [-0.3, -0.25) is 4.79 Å². The Morgan fingerprint density at radius 3 is 2.50 bits per heavy atom. The van der Waals surface area contributed by atoms with E-state index in [0.717, 1.165) is 0 Å². The Labute approximate surface area is 113 Å². The van der Waals surface area contributed by atoms with E-state index in [2.05, 4.69) is 15.2 Å². The zero-order valence-electron chi connectivity index (χ0n) is 10.3.